The van der Waals surface area contributed by atoms with Crippen molar-refractivity contribution in [1.82, 2.24) is 20.1 Å². The Morgan fingerprint density at radius 3 is 3.13 bits per heavy atom. The van der Waals surface area contributed by atoms with Gasteiger partial charge in [0.25, 0.3) is 0 Å². The van der Waals surface area contributed by atoms with Crippen LogP contribution in [-0.4, -0.2) is 27.6 Å². The number of nitrogens with one attached hydrogen (secondary N) is 1. The monoisotopic (exact) mass is 314 g/mol. The van der Waals surface area contributed by atoms with Crippen molar-refractivity contribution in [3.05, 3.63) is 35.4 Å². The molecule has 0 spiro atoms. The highest BCUT2D eigenvalue weighted by Crippen LogP contribution is 2.35. The number of aromatic nitrogens is 3. The van der Waals surface area contributed by atoms with E-state index >= 15 is 0 Å². The molecule has 1 aromatic heterocycles. The van der Waals surface area contributed by atoms with Crippen molar-refractivity contribution in [1.29, 1.82) is 0 Å². The predicted octanol–water partition coefficient (Wildman–Crippen LogP) is 2.23. The molecule has 1 atom stereocenters. The van der Waals surface area contributed by atoms with Gasteiger partial charge in [-0.2, -0.15) is 5.10 Å². The third-order valence-corrected chi connectivity index (χ3v) is 4.45. The van der Waals surface area contributed by atoms with Crippen LogP contribution in [0.1, 0.15) is 43.4 Å². The predicted molar refractivity (Wildman–Crippen MR) is 85.6 cm³/mol. The molecule has 6 heteroatoms. The Hall–Kier alpha value is -2.08. The summed E-state index contributed by atoms with van der Waals surface area (Å²) < 4.78 is 13.1. The van der Waals surface area contributed by atoms with Gasteiger partial charge in [0, 0.05) is 30.5 Å². The highest BCUT2D eigenvalue weighted by atomic mass is 16.7. The van der Waals surface area contributed by atoms with Crippen LogP contribution in [-0.2, 0) is 19.5 Å². The maximum atomic E-state index is 5.57. The molecule has 0 radical (unpaired) electrons. The Bertz CT molecular complexity index is 711. The summed E-state index contributed by atoms with van der Waals surface area (Å²) in [5.41, 5.74) is 1.15. The second-order valence-corrected chi connectivity index (χ2v) is 6.49. The van der Waals surface area contributed by atoms with E-state index in [1.165, 1.54) is 0 Å². The molecule has 2 aliphatic heterocycles. The van der Waals surface area contributed by atoms with Crippen LogP contribution >= 0.6 is 0 Å². The van der Waals surface area contributed by atoms with E-state index in [2.05, 4.69) is 40.0 Å². The highest BCUT2D eigenvalue weighted by molar-refractivity contribution is 5.48. The first-order valence-corrected chi connectivity index (χ1v) is 8.25. The van der Waals surface area contributed by atoms with Gasteiger partial charge in [-0.3, -0.25) is 0 Å². The van der Waals surface area contributed by atoms with Gasteiger partial charge < -0.3 is 14.8 Å². The molecule has 1 aromatic carbocycles. The van der Waals surface area contributed by atoms with Crippen molar-refractivity contribution in [3.63, 3.8) is 0 Å². The number of fused-ring (bicyclic) bond motifs is 2. The van der Waals surface area contributed by atoms with Crippen LogP contribution < -0.4 is 14.8 Å². The van der Waals surface area contributed by atoms with Crippen LogP contribution in [0.3, 0.4) is 0 Å². The SMILES string of the molecule is CC(C)c1nc2n(n1)C[C@@H](NCc1cccc3c1OCO3)CC2. The fourth-order valence-corrected chi connectivity index (χ4v) is 3.12. The third kappa shape index (κ3) is 2.79. The highest BCUT2D eigenvalue weighted by Gasteiger charge is 2.23. The number of nitrogens with zero attached hydrogens (tertiary/aromatic N) is 3. The maximum Gasteiger partial charge on any atom is 0.231 e. The van der Waals surface area contributed by atoms with E-state index < -0.39 is 0 Å². The molecular weight excluding hydrogens is 292 g/mol. The summed E-state index contributed by atoms with van der Waals surface area (Å²) in [6.07, 6.45) is 2.06. The molecule has 0 amide bonds. The summed E-state index contributed by atoms with van der Waals surface area (Å²) in [6.45, 7) is 6.24. The lowest BCUT2D eigenvalue weighted by Crippen LogP contribution is -2.37. The third-order valence-electron chi connectivity index (χ3n) is 4.45. The van der Waals surface area contributed by atoms with Crippen molar-refractivity contribution in [2.75, 3.05) is 6.79 Å². The molecule has 0 fully saturated rings. The molecule has 0 saturated carbocycles. The van der Waals surface area contributed by atoms with Crippen LogP contribution in [0.15, 0.2) is 18.2 Å². The van der Waals surface area contributed by atoms with Gasteiger partial charge in [-0.15, -0.1) is 0 Å². The minimum Gasteiger partial charge on any atom is -0.454 e. The fourth-order valence-electron chi connectivity index (χ4n) is 3.12. The Balaban J connectivity index is 1.42. The Morgan fingerprint density at radius 1 is 1.35 bits per heavy atom. The molecular formula is C17H22N4O2. The summed E-state index contributed by atoms with van der Waals surface area (Å²) in [7, 11) is 0. The summed E-state index contributed by atoms with van der Waals surface area (Å²) in [5.74, 6) is 4.16. The second kappa shape index (κ2) is 5.85. The maximum absolute atomic E-state index is 5.57. The molecule has 1 N–H and O–H groups in total. The van der Waals surface area contributed by atoms with Crippen molar-refractivity contribution < 1.29 is 9.47 Å². The lowest BCUT2D eigenvalue weighted by Gasteiger charge is -2.23. The number of rotatable bonds is 4. The molecule has 122 valence electrons. The Labute approximate surface area is 135 Å². The second-order valence-electron chi connectivity index (χ2n) is 6.49. The zero-order valence-electron chi connectivity index (χ0n) is 13.6. The summed E-state index contributed by atoms with van der Waals surface area (Å²) in [5, 5.41) is 8.26. The van der Waals surface area contributed by atoms with Gasteiger partial charge in [-0.05, 0) is 12.5 Å². The van der Waals surface area contributed by atoms with Crippen molar-refractivity contribution >= 4 is 0 Å². The first-order valence-electron chi connectivity index (χ1n) is 8.25. The van der Waals surface area contributed by atoms with Gasteiger partial charge in [0.1, 0.15) is 5.82 Å². The average molecular weight is 314 g/mol. The Morgan fingerprint density at radius 2 is 2.26 bits per heavy atom. The van der Waals surface area contributed by atoms with Crippen molar-refractivity contribution in [2.24, 2.45) is 0 Å². The molecule has 0 aliphatic carbocycles. The topological polar surface area (TPSA) is 61.2 Å². The van der Waals surface area contributed by atoms with Gasteiger partial charge in [0.05, 0.1) is 6.54 Å². The number of aryl methyl sites for hydroxylation is 1. The Kier molecular flexibility index (Phi) is 3.69. The van der Waals surface area contributed by atoms with Crippen LogP contribution in [0.25, 0.3) is 0 Å². The van der Waals surface area contributed by atoms with Crippen molar-refractivity contribution in [3.8, 4) is 11.5 Å². The van der Waals surface area contributed by atoms with Crippen molar-refractivity contribution in [2.45, 2.75) is 51.7 Å². The molecule has 23 heavy (non-hydrogen) atoms. The van der Waals surface area contributed by atoms with E-state index in [1.54, 1.807) is 0 Å². The molecule has 2 aromatic rings. The van der Waals surface area contributed by atoms with E-state index in [0.717, 1.165) is 54.6 Å². The molecule has 0 unspecified atom stereocenters. The minimum atomic E-state index is 0.316. The minimum absolute atomic E-state index is 0.316. The van der Waals surface area contributed by atoms with Gasteiger partial charge >= 0.3 is 0 Å². The van der Waals surface area contributed by atoms with E-state index in [9.17, 15) is 0 Å². The average Bonchev–Trinajstić information content (AvgIpc) is 3.18. The summed E-state index contributed by atoms with van der Waals surface area (Å²) in [4.78, 5) is 4.64. The van der Waals surface area contributed by atoms with Gasteiger partial charge in [0.2, 0.25) is 6.79 Å². The van der Waals surface area contributed by atoms with E-state index in [-0.39, 0.29) is 0 Å². The first kappa shape index (κ1) is 14.5. The van der Waals surface area contributed by atoms with Crippen LogP contribution in [0.2, 0.25) is 0 Å². The van der Waals surface area contributed by atoms with Gasteiger partial charge in [-0.25, -0.2) is 9.67 Å². The van der Waals surface area contributed by atoms with Gasteiger partial charge in [-0.1, -0.05) is 26.0 Å². The molecule has 0 bridgehead atoms. The summed E-state index contributed by atoms with van der Waals surface area (Å²) in [6, 6.07) is 6.45. The lowest BCUT2D eigenvalue weighted by molar-refractivity contribution is 0.173. The van der Waals surface area contributed by atoms with Gasteiger partial charge in [0.15, 0.2) is 17.3 Å². The molecule has 2 aliphatic rings. The molecule has 4 rings (SSSR count). The van der Waals surface area contributed by atoms with Crippen LogP contribution in [0.5, 0.6) is 11.5 Å². The lowest BCUT2D eigenvalue weighted by atomic mass is 10.1. The number of hydrogen-bond acceptors (Lipinski definition) is 5. The zero-order valence-corrected chi connectivity index (χ0v) is 13.6. The number of para-hydroxylation sites is 1. The van der Waals surface area contributed by atoms with Crippen LogP contribution in [0.4, 0.5) is 0 Å². The van der Waals surface area contributed by atoms with E-state index in [1.807, 2.05) is 12.1 Å². The quantitative estimate of drug-likeness (QED) is 0.938. The number of ether oxygens (including phenoxy) is 2. The van der Waals surface area contributed by atoms with E-state index in [4.69, 9.17) is 9.47 Å². The molecule has 0 saturated heterocycles. The standard InChI is InChI=1S/C17H22N4O2/c1-11(2)17-19-15-7-6-13(9-21(15)20-17)18-8-12-4-3-5-14-16(12)23-10-22-14/h3-5,11,13,18H,6-10H2,1-2H3/t13-/m0/s1. The normalized spacial score (nSPS) is 19.2. The summed E-state index contributed by atoms with van der Waals surface area (Å²) >= 11 is 0. The smallest absolute Gasteiger partial charge is 0.231 e. The zero-order chi connectivity index (χ0) is 15.8. The van der Waals surface area contributed by atoms with Crippen LogP contribution in [0, 0.1) is 0 Å². The molecule has 6 nitrogen and oxygen atoms in total. The van der Waals surface area contributed by atoms with E-state index in [0.29, 0.717) is 18.8 Å². The number of hydrogen-bond donors (Lipinski definition) is 1. The fraction of sp³-hybridized carbons (Fsp3) is 0.529. The molecule has 3 heterocycles. The number of benzene rings is 1. The largest absolute Gasteiger partial charge is 0.454 e. The first-order chi connectivity index (χ1) is 11.2.